The SMILES string of the molecule is CC1CC(OC(=O)CCn2cnc3sc4c(c3c2=O)CCCC4)C(=O)O1. The summed E-state index contributed by atoms with van der Waals surface area (Å²) in [5.41, 5.74) is 1.03. The third kappa shape index (κ3) is 3.13. The van der Waals surface area contributed by atoms with Crippen LogP contribution in [0.25, 0.3) is 10.2 Å². The van der Waals surface area contributed by atoms with E-state index in [2.05, 4.69) is 4.98 Å². The Morgan fingerprint density at radius 3 is 2.96 bits per heavy atom. The zero-order valence-electron chi connectivity index (χ0n) is 14.5. The Morgan fingerprint density at radius 1 is 1.38 bits per heavy atom. The van der Waals surface area contributed by atoms with Gasteiger partial charge in [-0.25, -0.2) is 9.78 Å². The van der Waals surface area contributed by atoms with Crippen LogP contribution in [0, 0.1) is 0 Å². The standard InChI is InChI=1S/C18H20N2O5S/c1-10-8-12(18(23)24-10)25-14(21)6-7-20-9-19-16-15(17(20)22)11-4-2-3-5-13(11)26-16/h9-10,12H,2-8H2,1H3. The number of nitrogens with zero attached hydrogens (tertiary/aromatic N) is 2. The summed E-state index contributed by atoms with van der Waals surface area (Å²) in [4.78, 5) is 42.8. The molecule has 0 N–H and O–H groups in total. The molecule has 0 aromatic carbocycles. The zero-order valence-corrected chi connectivity index (χ0v) is 15.3. The summed E-state index contributed by atoms with van der Waals surface area (Å²) in [6.07, 6.45) is 4.98. The maximum absolute atomic E-state index is 12.8. The van der Waals surface area contributed by atoms with Crippen molar-refractivity contribution in [1.82, 2.24) is 9.55 Å². The minimum absolute atomic E-state index is 0.0115. The van der Waals surface area contributed by atoms with Gasteiger partial charge in [-0.3, -0.25) is 14.2 Å². The number of aryl methyl sites for hydroxylation is 3. The van der Waals surface area contributed by atoms with Crippen LogP contribution in [0.2, 0.25) is 0 Å². The van der Waals surface area contributed by atoms with Crippen LogP contribution in [0.1, 0.15) is 43.0 Å². The Bertz CT molecular complexity index is 932. The van der Waals surface area contributed by atoms with Crippen molar-refractivity contribution in [2.45, 2.75) is 64.2 Å². The summed E-state index contributed by atoms with van der Waals surface area (Å²) in [5, 5.41) is 0.703. The average molecular weight is 376 g/mol. The van der Waals surface area contributed by atoms with Gasteiger partial charge in [-0.15, -0.1) is 11.3 Å². The number of fused-ring (bicyclic) bond motifs is 3. The molecule has 2 atom stereocenters. The highest BCUT2D eigenvalue weighted by molar-refractivity contribution is 7.18. The maximum Gasteiger partial charge on any atom is 0.347 e. The van der Waals surface area contributed by atoms with Crippen molar-refractivity contribution >= 4 is 33.5 Å². The molecule has 138 valence electrons. The number of carbonyl (C=O) groups is 2. The Balaban J connectivity index is 1.47. The number of esters is 2. The van der Waals surface area contributed by atoms with Crippen molar-refractivity contribution in [2.75, 3.05) is 0 Å². The highest BCUT2D eigenvalue weighted by atomic mass is 32.1. The van der Waals surface area contributed by atoms with Crippen LogP contribution in [0.3, 0.4) is 0 Å². The van der Waals surface area contributed by atoms with Crippen LogP contribution in [0.4, 0.5) is 0 Å². The predicted octanol–water partition coefficient (Wildman–Crippen LogP) is 1.97. The number of carbonyl (C=O) groups excluding carboxylic acids is 2. The van der Waals surface area contributed by atoms with Gasteiger partial charge in [-0.05, 0) is 38.2 Å². The quantitative estimate of drug-likeness (QED) is 0.758. The summed E-state index contributed by atoms with van der Waals surface area (Å²) >= 11 is 1.60. The summed E-state index contributed by atoms with van der Waals surface area (Å²) in [5.74, 6) is -1.02. The molecule has 2 aromatic heterocycles. The van der Waals surface area contributed by atoms with E-state index in [1.165, 1.54) is 15.8 Å². The first-order chi connectivity index (χ1) is 12.5. The molecular weight excluding hydrogens is 356 g/mol. The van der Waals surface area contributed by atoms with Gasteiger partial charge in [0.1, 0.15) is 10.9 Å². The molecule has 2 unspecified atom stereocenters. The van der Waals surface area contributed by atoms with E-state index in [-0.39, 0.29) is 24.6 Å². The number of aromatic nitrogens is 2. The summed E-state index contributed by atoms with van der Waals surface area (Å²) in [7, 11) is 0. The lowest BCUT2D eigenvalue weighted by atomic mass is 9.97. The highest BCUT2D eigenvalue weighted by Gasteiger charge is 2.34. The Hall–Kier alpha value is -2.22. The molecule has 2 aromatic rings. The normalized spacial score (nSPS) is 22.3. The van der Waals surface area contributed by atoms with Crippen LogP contribution >= 0.6 is 11.3 Å². The molecule has 0 saturated carbocycles. The van der Waals surface area contributed by atoms with E-state index < -0.39 is 18.0 Å². The molecule has 3 heterocycles. The van der Waals surface area contributed by atoms with Gasteiger partial charge in [0.15, 0.2) is 0 Å². The minimum atomic E-state index is -0.835. The molecule has 1 fully saturated rings. The van der Waals surface area contributed by atoms with Gasteiger partial charge in [0, 0.05) is 17.8 Å². The van der Waals surface area contributed by atoms with Crippen molar-refractivity contribution in [1.29, 1.82) is 0 Å². The summed E-state index contributed by atoms with van der Waals surface area (Å²) in [6, 6.07) is 0. The van der Waals surface area contributed by atoms with Gasteiger partial charge < -0.3 is 9.47 Å². The van der Waals surface area contributed by atoms with Crippen LogP contribution in [-0.2, 0) is 38.4 Å². The lowest BCUT2D eigenvalue weighted by molar-refractivity contribution is -0.161. The highest BCUT2D eigenvalue weighted by Crippen LogP contribution is 2.33. The van der Waals surface area contributed by atoms with E-state index in [1.807, 2.05) is 0 Å². The minimum Gasteiger partial charge on any atom is -0.460 e. The van der Waals surface area contributed by atoms with Crippen LogP contribution < -0.4 is 5.56 Å². The molecule has 0 amide bonds. The first-order valence-electron chi connectivity index (χ1n) is 8.92. The number of cyclic esters (lactones) is 1. The van der Waals surface area contributed by atoms with Gasteiger partial charge in [0.25, 0.3) is 5.56 Å². The molecule has 0 spiro atoms. The predicted molar refractivity (Wildman–Crippen MR) is 95.2 cm³/mol. The summed E-state index contributed by atoms with van der Waals surface area (Å²) < 4.78 is 11.6. The van der Waals surface area contributed by atoms with Gasteiger partial charge >= 0.3 is 11.9 Å². The molecule has 7 nitrogen and oxygen atoms in total. The van der Waals surface area contributed by atoms with Gasteiger partial charge in [-0.1, -0.05) is 0 Å². The largest absolute Gasteiger partial charge is 0.460 e. The first-order valence-corrected chi connectivity index (χ1v) is 9.74. The van der Waals surface area contributed by atoms with Crippen molar-refractivity contribution in [2.24, 2.45) is 0 Å². The third-order valence-corrected chi connectivity index (χ3v) is 6.10. The van der Waals surface area contributed by atoms with Crippen molar-refractivity contribution in [3.63, 3.8) is 0 Å². The molecule has 2 aliphatic rings. The number of ether oxygens (including phenoxy) is 2. The number of hydrogen-bond acceptors (Lipinski definition) is 7. The van der Waals surface area contributed by atoms with Gasteiger partial charge in [-0.2, -0.15) is 0 Å². The van der Waals surface area contributed by atoms with E-state index >= 15 is 0 Å². The molecule has 1 saturated heterocycles. The van der Waals surface area contributed by atoms with Crippen molar-refractivity contribution in [3.8, 4) is 0 Å². The second-order valence-electron chi connectivity index (χ2n) is 6.85. The summed E-state index contributed by atoms with van der Waals surface area (Å²) in [6.45, 7) is 1.94. The van der Waals surface area contributed by atoms with Gasteiger partial charge in [0.05, 0.1) is 18.1 Å². The topological polar surface area (TPSA) is 87.5 Å². The molecule has 4 rings (SSSR count). The monoisotopic (exact) mass is 376 g/mol. The Morgan fingerprint density at radius 2 is 2.19 bits per heavy atom. The Kier molecular flexibility index (Phi) is 4.52. The molecule has 26 heavy (non-hydrogen) atoms. The van der Waals surface area contributed by atoms with Crippen LogP contribution in [0.5, 0.6) is 0 Å². The third-order valence-electron chi connectivity index (χ3n) is 4.90. The lowest BCUT2D eigenvalue weighted by Crippen LogP contribution is -2.26. The van der Waals surface area contributed by atoms with Crippen molar-refractivity contribution in [3.05, 3.63) is 27.1 Å². The lowest BCUT2D eigenvalue weighted by Gasteiger charge is -2.11. The van der Waals surface area contributed by atoms with E-state index in [0.717, 1.165) is 36.1 Å². The molecule has 8 heteroatoms. The van der Waals surface area contributed by atoms with E-state index in [1.54, 1.807) is 18.3 Å². The zero-order chi connectivity index (χ0) is 18.3. The second kappa shape index (κ2) is 6.83. The number of rotatable bonds is 4. The van der Waals surface area contributed by atoms with E-state index in [0.29, 0.717) is 11.8 Å². The van der Waals surface area contributed by atoms with E-state index in [9.17, 15) is 14.4 Å². The van der Waals surface area contributed by atoms with E-state index in [4.69, 9.17) is 9.47 Å². The molecule has 0 bridgehead atoms. The number of hydrogen-bond donors (Lipinski definition) is 0. The smallest absolute Gasteiger partial charge is 0.347 e. The first kappa shape index (κ1) is 17.2. The fourth-order valence-corrected chi connectivity index (χ4v) is 4.81. The fraction of sp³-hybridized carbons (Fsp3) is 0.556. The Labute approximate surface area is 153 Å². The maximum atomic E-state index is 12.8. The molecular formula is C18H20N2O5S. The average Bonchev–Trinajstić information content (AvgIpc) is 3.14. The van der Waals surface area contributed by atoms with Crippen LogP contribution in [0.15, 0.2) is 11.1 Å². The van der Waals surface area contributed by atoms with Crippen molar-refractivity contribution < 1.29 is 19.1 Å². The molecule has 1 aliphatic heterocycles. The fourth-order valence-electron chi connectivity index (χ4n) is 3.59. The van der Waals surface area contributed by atoms with Gasteiger partial charge in [0.2, 0.25) is 6.10 Å². The molecule has 0 radical (unpaired) electrons. The second-order valence-corrected chi connectivity index (χ2v) is 7.93. The number of thiophene rings is 1. The van der Waals surface area contributed by atoms with Crippen LogP contribution in [-0.4, -0.2) is 33.7 Å². The molecule has 1 aliphatic carbocycles.